The number of hydrogen-bond donors (Lipinski definition) is 0. The minimum atomic E-state index is 0.428. The highest BCUT2D eigenvalue weighted by Gasteiger charge is 2.10. The Morgan fingerprint density at radius 1 is 0.778 bits per heavy atom. The topological polar surface area (TPSA) is 56.6 Å². The van der Waals surface area contributed by atoms with E-state index < -0.39 is 0 Å². The summed E-state index contributed by atoms with van der Waals surface area (Å²) in [5.41, 5.74) is 7.10. The third kappa shape index (κ3) is 8.56. The van der Waals surface area contributed by atoms with Gasteiger partial charge in [-0.05, 0) is 75.5 Å². The Kier molecular flexibility index (Phi) is 10.5. The molecule has 0 atom stereocenters. The van der Waals surface area contributed by atoms with Crippen LogP contribution < -0.4 is 4.74 Å². The van der Waals surface area contributed by atoms with Crippen LogP contribution in [0, 0.1) is 0 Å². The molecule has 0 bridgehead atoms. The molecule has 0 radical (unpaired) electrons. The van der Waals surface area contributed by atoms with Gasteiger partial charge in [0.05, 0.1) is 12.3 Å². The molecule has 4 rings (SSSR count). The maximum atomic E-state index is 5.85. The molecule has 190 valence electrons. The van der Waals surface area contributed by atoms with E-state index in [9.17, 15) is 0 Å². The Hall–Kier alpha value is -3.05. The van der Waals surface area contributed by atoms with Crippen molar-refractivity contribution in [1.29, 1.82) is 0 Å². The molecular formula is C31H39N3O2. The summed E-state index contributed by atoms with van der Waals surface area (Å²) < 4.78 is 11.3. The highest BCUT2D eigenvalue weighted by molar-refractivity contribution is 5.84. The van der Waals surface area contributed by atoms with Gasteiger partial charge in [-0.25, -0.2) is 4.98 Å². The van der Waals surface area contributed by atoms with Crippen LogP contribution in [0.3, 0.4) is 0 Å². The lowest BCUT2D eigenvalue weighted by Gasteiger charge is -2.11. The van der Waals surface area contributed by atoms with Crippen molar-refractivity contribution >= 4 is 5.71 Å². The molecule has 1 aliphatic rings. The van der Waals surface area contributed by atoms with Crippen LogP contribution in [0.15, 0.2) is 65.7 Å². The average Bonchev–Trinajstić information content (AvgIpc) is 3.20. The molecule has 0 saturated heterocycles. The molecule has 2 heterocycles. The van der Waals surface area contributed by atoms with E-state index in [0.717, 1.165) is 62.0 Å². The molecule has 36 heavy (non-hydrogen) atoms. The summed E-state index contributed by atoms with van der Waals surface area (Å²) in [5, 5.41) is 0. The van der Waals surface area contributed by atoms with E-state index in [1.807, 2.05) is 6.92 Å². The third-order valence-electron chi connectivity index (χ3n) is 6.57. The maximum absolute atomic E-state index is 5.85. The fourth-order valence-corrected chi connectivity index (χ4v) is 4.54. The summed E-state index contributed by atoms with van der Waals surface area (Å²) in [6.45, 7) is 4.64. The third-order valence-corrected chi connectivity index (χ3v) is 6.57. The number of ether oxygens (including phenoxy) is 2. The Morgan fingerprint density at radius 3 is 2.44 bits per heavy atom. The number of aromatic nitrogens is 2. The number of rotatable bonds is 13. The predicted molar refractivity (Wildman–Crippen MR) is 147 cm³/mol. The number of aryl methyl sites for hydroxylation is 3. The monoisotopic (exact) mass is 485 g/mol. The largest absolute Gasteiger partial charge is 0.461 e. The van der Waals surface area contributed by atoms with E-state index in [1.165, 1.54) is 36.1 Å². The zero-order valence-electron chi connectivity index (χ0n) is 21.6. The number of hydrogen-bond acceptors (Lipinski definition) is 5. The highest BCUT2D eigenvalue weighted by Crippen LogP contribution is 2.23. The smallest absolute Gasteiger partial charge is 0.317 e. The van der Waals surface area contributed by atoms with Crippen LogP contribution in [0.5, 0.6) is 6.01 Å². The van der Waals surface area contributed by atoms with Gasteiger partial charge < -0.3 is 9.47 Å². The van der Waals surface area contributed by atoms with E-state index in [2.05, 4.69) is 60.7 Å². The fourth-order valence-electron chi connectivity index (χ4n) is 4.54. The van der Waals surface area contributed by atoms with Crippen LogP contribution in [-0.2, 0) is 24.0 Å². The average molecular weight is 486 g/mol. The first-order chi connectivity index (χ1) is 17.8. The van der Waals surface area contributed by atoms with Crippen molar-refractivity contribution < 1.29 is 9.47 Å². The van der Waals surface area contributed by atoms with Gasteiger partial charge in [0.25, 0.3) is 0 Å². The molecule has 0 saturated carbocycles. The zero-order chi connectivity index (χ0) is 24.8. The second-order valence-electron chi connectivity index (χ2n) is 9.37. The second-order valence-corrected chi connectivity index (χ2v) is 9.37. The summed E-state index contributed by atoms with van der Waals surface area (Å²) in [6, 6.07) is 21.9. The van der Waals surface area contributed by atoms with Crippen molar-refractivity contribution in [2.24, 2.45) is 4.99 Å². The predicted octanol–water partition coefficient (Wildman–Crippen LogP) is 6.68. The molecule has 0 aliphatic carbocycles. The summed E-state index contributed by atoms with van der Waals surface area (Å²) in [6.07, 6.45) is 10.0. The molecule has 1 aromatic heterocycles. The highest BCUT2D eigenvalue weighted by atomic mass is 16.5. The SMILES string of the molecule is CCOCCOc1nc(CCCc2ccccc2)cc(-c2ccc(CCC3=NCCCCC3)cc2)n1. The number of benzene rings is 2. The molecule has 2 aromatic carbocycles. The Balaban J connectivity index is 1.42. The van der Waals surface area contributed by atoms with Crippen LogP contribution in [0.1, 0.15) is 62.3 Å². The first-order valence-corrected chi connectivity index (χ1v) is 13.5. The lowest BCUT2D eigenvalue weighted by Crippen LogP contribution is -2.09. The normalized spacial score (nSPS) is 13.8. The van der Waals surface area contributed by atoms with Crippen LogP contribution in [-0.4, -0.2) is 42.0 Å². The van der Waals surface area contributed by atoms with Crippen molar-refractivity contribution in [1.82, 2.24) is 9.97 Å². The van der Waals surface area contributed by atoms with Gasteiger partial charge in [0.2, 0.25) is 0 Å². The van der Waals surface area contributed by atoms with Gasteiger partial charge in [-0.1, -0.05) is 61.0 Å². The minimum Gasteiger partial charge on any atom is -0.461 e. The van der Waals surface area contributed by atoms with Crippen LogP contribution in [0.25, 0.3) is 11.3 Å². The molecule has 3 aromatic rings. The van der Waals surface area contributed by atoms with Crippen molar-refractivity contribution in [3.05, 3.63) is 77.5 Å². The quantitative estimate of drug-likeness (QED) is 0.253. The van der Waals surface area contributed by atoms with Crippen LogP contribution in [0.2, 0.25) is 0 Å². The van der Waals surface area contributed by atoms with E-state index >= 15 is 0 Å². The maximum Gasteiger partial charge on any atom is 0.317 e. The summed E-state index contributed by atoms with van der Waals surface area (Å²) in [4.78, 5) is 14.2. The molecule has 5 heteroatoms. The lowest BCUT2D eigenvalue weighted by atomic mass is 10.0. The standard InChI is InChI=1S/C31H39N3O2/c1-2-35-22-23-36-31-33-29(14-9-12-25-10-5-3-6-11-25)24-30(34-31)27-18-15-26(16-19-27)17-20-28-13-7-4-8-21-32-28/h3,5-6,10-11,15-16,18-19,24H,2,4,7-9,12-14,17,20-23H2,1H3. The van der Waals surface area contributed by atoms with Crippen LogP contribution >= 0.6 is 0 Å². The molecule has 0 amide bonds. The Bertz CT molecular complexity index is 1080. The lowest BCUT2D eigenvalue weighted by molar-refractivity contribution is 0.106. The van der Waals surface area contributed by atoms with Crippen molar-refractivity contribution in [2.75, 3.05) is 26.4 Å². The van der Waals surface area contributed by atoms with Gasteiger partial charge in [0.1, 0.15) is 6.61 Å². The van der Waals surface area contributed by atoms with Crippen molar-refractivity contribution in [2.45, 2.75) is 64.7 Å². The van der Waals surface area contributed by atoms with Gasteiger partial charge in [-0.3, -0.25) is 4.99 Å². The molecule has 5 nitrogen and oxygen atoms in total. The van der Waals surface area contributed by atoms with Crippen molar-refractivity contribution in [3.8, 4) is 17.3 Å². The van der Waals surface area contributed by atoms with E-state index in [-0.39, 0.29) is 0 Å². The Labute approximate surface area is 216 Å². The van der Waals surface area contributed by atoms with Gasteiger partial charge in [-0.15, -0.1) is 0 Å². The zero-order valence-corrected chi connectivity index (χ0v) is 21.6. The van der Waals surface area contributed by atoms with E-state index in [1.54, 1.807) is 0 Å². The molecule has 1 aliphatic heterocycles. The fraction of sp³-hybridized carbons (Fsp3) is 0.452. The molecule has 0 unspecified atom stereocenters. The Morgan fingerprint density at radius 2 is 1.61 bits per heavy atom. The number of aliphatic imine (C=N–C) groups is 1. The molecule has 0 N–H and O–H groups in total. The summed E-state index contributed by atoms with van der Waals surface area (Å²) in [5.74, 6) is 0. The summed E-state index contributed by atoms with van der Waals surface area (Å²) in [7, 11) is 0. The van der Waals surface area contributed by atoms with Gasteiger partial charge >= 0.3 is 6.01 Å². The first-order valence-electron chi connectivity index (χ1n) is 13.5. The number of nitrogens with zero attached hydrogens (tertiary/aromatic N) is 3. The molecular weight excluding hydrogens is 446 g/mol. The molecule has 0 fully saturated rings. The van der Waals surface area contributed by atoms with Gasteiger partial charge in [-0.2, -0.15) is 4.98 Å². The first kappa shape index (κ1) is 26.0. The van der Waals surface area contributed by atoms with Gasteiger partial charge in [0, 0.05) is 30.1 Å². The van der Waals surface area contributed by atoms with Crippen molar-refractivity contribution in [3.63, 3.8) is 0 Å². The minimum absolute atomic E-state index is 0.428. The van der Waals surface area contributed by atoms with Crippen LogP contribution in [0.4, 0.5) is 0 Å². The van der Waals surface area contributed by atoms with E-state index in [0.29, 0.717) is 25.8 Å². The summed E-state index contributed by atoms with van der Waals surface area (Å²) >= 11 is 0. The second kappa shape index (κ2) is 14.5. The van der Waals surface area contributed by atoms with E-state index in [4.69, 9.17) is 24.4 Å². The van der Waals surface area contributed by atoms with Gasteiger partial charge in [0.15, 0.2) is 0 Å². The molecule has 0 spiro atoms.